The highest BCUT2D eigenvalue weighted by Gasteiger charge is 2.30. The van der Waals surface area contributed by atoms with E-state index < -0.39 is 17.9 Å². The molecule has 0 radical (unpaired) electrons. The number of aliphatic carboxylic acids is 2. The molecule has 2 N–H and O–H groups in total. The third-order valence-corrected chi connectivity index (χ3v) is 1.82. The molecule has 1 aromatic heterocycles. The molecule has 0 unspecified atom stereocenters. The van der Waals surface area contributed by atoms with Crippen LogP contribution in [0.2, 0.25) is 0 Å². The Morgan fingerprint density at radius 3 is 2.36 bits per heavy atom. The highest BCUT2D eigenvalue weighted by molar-refractivity contribution is 5.98. The van der Waals surface area contributed by atoms with Crippen LogP contribution >= 0.6 is 0 Å². The Morgan fingerprint density at radius 1 is 1.36 bits per heavy atom. The normalized spacial score (nSPS) is 10.1. The van der Waals surface area contributed by atoms with Gasteiger partial charge in [0.15, 0.2) is 5.92 Å². The van der Waals surface area contributed by atoms with Gasteiger partial charge in [-0.25, -0.2) is 0 Å². The molecule has 0 aliphatic rings. The van der Waals surface area contributed by atoms with E-state index in [1.165, 1.54) is 6.20 Å². The molecule has 0 aromatic carbocycles. The van der Waals surface area contributed by atoms with Crippen molar-refractivity contribution in [1.82, 2.24) is 4.98 Å². The van der Waals surface area contributed by atoms with Crippen LogP contribution in [0.4, 0.5) is 0 Å². The van der Waals surface area contributed by atoms with Gasteiger partial charge >= 0.3 is 11.9 Å². The molecule has 0 aliphatic heterocycles. The van der Waals surface area contributed by atoms with E-state index in [1.54, 1.807) is 19.1 Å². The molecule has 14 heavy (non-hydrogen) atoms. The molecule has 5 heteroatoms. The van der Waals surface area contributed by atoms with Crippen molar-refractivity contribution in [3.63, 3.8) is 0 Å². The van der Waals surface area contributed by atoms with E-state index in [-0.39, 0.29) is 5.69 Å². The van der Waals surface area contributed by atoms with Crippen molar-refractivity contribution >= 4 is 11.9 Å². The maximum Gasteiger partial charge on any atom is 0.324 e. The van der Waals surface area contributed by atoms with Crippen LogP contribution in [-0.2, 0) is 9.59 Å². The first-order valence-electron chi connectivity index (χ1n) is 3.91. The van der Waals surface area contributed by atoms with E-state index in [0.717, 1.165) is 0 Å². The van der Waals surface area contributed by atoms with E-state index in [0.29, 0.717) is 5.56 Å². The minimum atomic E-state index is -1.59. The summed E-state index contributed by atoms with van der Waals surface area (Å²) in [4.78, 5) is 25.1. The minimum absolute atomic E-state index is 0.0764. The number of rotatable bonds is 3. The zero-order valence-electron chi connectivity index (χ0n) is 7.47. The number of carboxylic acids is 2. The lowest BCUT2D eigenvalue weighted by Gasteiger charge is -2.08. The van der Waals surface area contributed by atoms with Gasteiger partial charge in [0, 0.05) is 6.20 Å². The first-order valence-corrected chi connectivity index (χ1v) is 3.91. The van der Waals surface area contributed by atoms with Gasteiger partial charge in [-0.3, -0.25) is 14.6 Å². The second-order valence-corrected chi connectivity index (χ2v) is 2.82. The van der Waals surface area contributed by atoms with Gasteiger partial charge in [-0.05, 0) is 18.6 Å². The van der Waals surface area contributed by atoms with Gasteiger partial charge in [-0.15, -0.1) is 0 Å². The lowest BCUT2D eigenvalue weighted by atomic mass is 10.0. The summed E-state index contributed by atoms with van der Waals surface area (Å²) in [6, 6.07) is 3.25. The number of pyridine rings is 1. The Labute approximate surface area is 80.0 Å². The molecule has 1 aromatic rings. The first-order chi connectivity index (χ1) is 6.54. The number of aromatic nitrogens is 1. The fourth-order valence-electron chi connectivity index (χ4n) is 1.14. The Balaban J connectivity index is 3.18. The fraction of sp³-hybridized carbons (Fsp3) is 0.222. The molecule has 0 aliphatic carbocycles. The van der Waals surface area contributed by atoms with Gasteiger partial charge in [-0.2, -0.15) is 0 Å². The van der Waals surface area contributed by atoms with Gasteiger partial charge in [0.2, 0.25) is 0 Å². The smallest absolute Gasteiger partial charge is 0.324 e. The first kappa shape index (κ1) is 10.2. The lowest BCUT2D eigenvalue weighted by molar-refractivity contribution is -0.150. The van der Waals surface area contributed by atoms with Gasteiger partial charge in [0.25, 0.3) is 0 Å². The average molecular weight is 195 g/mol. The highest BCUT2D eigenvalue weighted by atomic mass is 16.4. The number of aryl methyl sites for hydroxylation is 1. The molecule has 0 amide bonds. The largest absolute Gasteiger partial charge is 0.480 e. The van der Waals surface area contributed by atoms with E-state index in [9.17, 15) is 9.59 Å². The summed E-state index contributed by atoms with van der Waals surface area (Å²) in [5.74, 6) is -4.39. The van der Waals surface area contributed by atoms with Crippen molar-refractivity contribution < 1.29 is 19.8 Å². The maximum atomic E-state index is 10.7. The summed E-state index contributed by atoms with van der Waals surface area (Å²) in [5, 5.41) is 17.4. The third kappa shape index (κ3) is 1.87. The van der Waals surface area contributed by atoms with E-state index >= 15 is 0 Å². The Morgan fingerprint density at radius 2 is 1.93 bits per heavy atom. The SMILES string of the molecule is Cc1cccnc1C(C(=O)O)C(=O)O. The van der Waals surface area contributed by atoms with Crippen LogP contribution in [0.5, 0.6) is 0 Å². The van der Waals surface area contributed by atoms with E-state index in [2.05, 4.69) is 4.98 Å². The Hall–Kier alpha value is -1.91. The number of hydrogen-bond donors (Lipinski definition) is 2. The minimum Gasteiger partial charge on any atom is -0.480 e. The average Bonchev–Trinajstić information content (AvgIpc) is 2.07. The van der Waals surface area contributed by atoms with E-state index in [4.69, 9.17) is 10.2 Å². The van der Waals surface area contributed by atoms with Crippen molar-refractivity contribution in [3.8, 4) is 0 Å². The van der Waals surface area contributed by atoms with Gasteiger partial charge < -0.3 is 10.2 Å². The molecule has 0 spiro atoms. The molecule has 0 fully saturated rings. The molecule has 0 saturated heterocycles. The van der Waals surface area contributed by atoms with Crippen molar-refractivity contribution in [2.24, 2.45) is 0 Å². The van der Waals surface area contributed by atoms with Crippen LogP contribution in [0, 0.1) is 6.92 Å². The standard InChI is InChI=1S/C9H9NO4/c1-5-3-2-4-10-7(5)6(8(11)12)9(13)14/h2-4,6H,1H3,(H,11,12)(H,13,14). The molecule has 0 saturated carbocycles. The molecule has 74 valence electrons. The van der Waals surface area contributed by atoms with Crippen molar-refractivity contribution in [2.45, 2.75) is 12.8 Å². The van der Waals surface area contributed by atoms with Crippen LogP contribution in [0.25, 0.3) is 0 Å². The topological polar surface area (TPSA) is 87.5 Å². The summed E-state index contributed by atoms with van der Waals surface area (Å²) in [6.45, 7) is 1.63. The predicted molar refractivity (Wildman–Crippen MR) is 47.0 cm³/mol. The van der Waals surface area contributed by atoms with Gasteiger partial charge in [0.05, 0.1) is 5.69 Å². The third-order valence-electron chi connectivity index (χ3n) is 1.82. The summed E-state index contributed by atoms with van der Waals surface area (Å²) in [6.07, 6.45) is 1.38. The molecule has 0 atom stereocenters. The number of carboxylic acid groups (broad SMARTS) is 2. The fourth-order valence-corrected chi connectivity index (χ4v) is 1.14. The summed E-state index contributed by atoms with van der Waals surface area (Å²) >= 11 is 0. The second kappa shape index (κ2) is 3.87. The van der Waals surface area contributed by atoms with Gasteiger partial charge in [0.1, 0.15) is 0 Å². The summed E-state index contributed by atoms with van der Waals surface area (Å²) in [7, 11) is 0. The number of hydrogen-bond acceptors (Lipinski definition) is 3. The maximum absolute atomic E-state index is 10.7. The highest BCUT2D eigenvalue weighted by Crippen LogP contribution is 2.17. The monoisotopic (exact) mass is 195 g/mol. The van der Waals surface area contributed by atoms with Crippen LogP contribution in [0.1, 0.15) is 17.2 Å². The molecule has 1 heterocycles. The molecule has 1 rings (SSSR count). The van der Waals surface area contributed by atoms with Gasteiger partial charge in [-0.1, -0.05) is 6.07 Å². The van der Waals surface area contributed by atoms with Crippen LogP contribution in [0.3, 0.4) is 0 Å². The number of carbonyl (C=O) groups is 2. The van der Waals surface area contributed by atoms with Crippen molar-refractivity contribution in [3.05, 3.63) is 29.6 Å². The van der Waals surface area contributed by atoms with Crippen LogP contribution in [0.15, 0.2) is 18.3 Å². The summed E-state index contributed by atoms with van der Waals surface area (Å²) < 4.78 is 0. The zero-order chi connectivity index (χ0) is 10.7. The van der Waals surface area contributed by atoms with Crippen LogP contribution in [-0.4, -0.2) is 27.1 Å². The molecular weight excluding hydrogens is 186 g/mol. The van der Waals surface area contributed by atoms with Crippen molar-refractivity contribution in [1.29, 1.82) is 0 Å². The van der Waals surface area contributed by atoms with Crippen molar-refractivity contribution in [2.75, 3.05) is 0 Å². The molecular formula is C9H9NO4. The lowest BCUT2D eigenvalue weighted by Crippen LogP contribution is -2.22. The summed E-state index contributed by atoms with van der Waals surface area (Å²) in [5.41, 5.74) is 0.634. The molecule has 5 nitrogen and oxygen atoms in total. The molecule has 0 bridgehead atoms. The quantitative estimate of drug-likeness (QED) is 0.691. The Bertz CT molecular complexity index is 361. The Kier molecular flexibility index (Phi) is 2.81. The zero-order valence-corrected chi connectivity index (χ0v) is 7.47. The second-order valence-electron chi connectivity index (χ2n) is 2.82. The number of nitrogens with zero attached hydrogens (tertiary/aromatic N) is 1. The predicted octanol–water partition coefficient (Wildman–Crippen LogP) is 0.643. The van der Waals surface area contributed by atoms with Crippen LogP contribution < -0.4 is 0 Å². The van der Waals surface area contributed by atoms with E-state index in [1.807, 2.05) is 0 Å².